The lowest BCUT2D eigenvalue weighted by molar-refractivity contribution is -0.142. The average molecular weight is 709 g/mol. The maximum Gasteiger partial charge on any atom is 0.410 e. The van der Waals surface area contributed by atoms with Crippen molar-refractivity contribution in [2.75, 3.05) is 62.2 Å². The van der Waals surface area contributed by atoms with Gasteiger partial charge in [-0.05, 0) is 78.8 Å². The molecule has 2 fully saturated rings. The van der Waals surface area contributed by atoms with Crippen LogP contribution < -0.4 is 19.3 Å². The molecule has 3 aromatic rings. The molecule has 1 atom stereocenters. The maximum absolute atomic E-state index is 13.3. The van der Waals surface area contributed by atoms with Gasteiger partial charge in [-0.2, -0.15) is 9.97 Å². The topological polar surface area (TPSA) is 101 Å². The summed E-state index contributed by atoms with van der Waals surface area (Å²) < 4.78 is 44.2. The Labute approximate surface area is 298 Å². The molecule has 51 heavy (non-hydrogen) atoms. The van der Waals surface area contributed by atoms with Gasteiger partial charge in [0.1, 0.15) is 23.8 Å². The highest BCUT2D eigenvalue weighted by Gasteiger charge is 2.33. The summed E-state index contributed by atoms with van der Waals surface area (Å²) in [5.74, 6) is 0.940. The van der Waals surface area contributed by atoms with Crippen molar-refractivity contribution in [3.05, 3.63) is 47.7 Å². The van der Waals surface area contributed by atoms with Gasteiger partial charge in [0.05, 0.1) is 24.2 Å². The van der Waals surface area contributed by atoms with Gasteiger partial charge in [0.15, 0.2) is 0 Å². The van der Waals surface area contributed by atoms with Crippen LogP contribution in [0.3, 0.4) is 0 Å². The van der Waals surface area contributed by atoms with Gasteiger partial charge >= 0.3 is 18.1 Å². The molecule has 0 spiro atoms. The third-order valence-corrected chi connectivity index (χ3v) is 9.51. The molecule has 3 aliphatic rings. The fourth-order valence-corrected chi connectivity index (χ4v) is 6.86. The lowest BCUT2D eigenvalue weighted by atomic mass is 9.97. The number of benzene rings is 2. The molecule has 3 aliphatic heterocycles. The van der Waals surface area contributed by atoms with Crippen LogP contribution in [0.25, 0.3) is 10.8 Å². The minimum absolute atomic E-state index is 0.138. The molecule has 0 bridgehead atoms. The fourth-order valence-electron chi connectivity index (χ4n) is 6.86. The number of anilines is 2. The molecule has 1 aromatic heterocycles. The van der Waals surface area contributed by atoms with E-state index in [4.69, 9.17) is 24.2 Å². The molecular formula is C38H50F2N6O5. The monoisotopic (exact) mass is 708 g/mol. The standard InChI is InChI=1S/C38H50F2N6O5/c1-37(2,3)34(47)50-27-20-25-10-7-8-12-28(25)31(21-27)46-15-13-29-30(22-46)41-35(49-24-26-11-9-14-45(26)23-32(39)40)42-33(29)43-16-18-44(19-17-43)36(48)51-38(4,5)6/h7-8,10,12,20-21,26,32H,9,11,13-19,22-24H2,1-6H3/t26-/m0/s1. The Morgan fingerprint density at radius 3 is 2.39 bits per heavy atom. The van der Waals surface area contributed by atoms with E-state index in [1.807, 2.05) is 71.9 Å². The SMILES string of the molecule is CC(C)(C)OC(=O)N1CCN(c2nc(OC[C@@H]3CCCN3CC(F)F)nc3c2CCN(c2cc(OC(=O)C(C)(C)C)cc4ccccc24)C3)CC1. The molecule has 0 N–H and O–H groups in total. The van der Waals surface area contributed by atoms with Crippen molar-refractivity contribution in [1.29, 1.82) is 0 Å². The van der Waals surface area contributed by atoms with E-state index in [-0.39, 0.29) is 37.3 Å². The number of hydrogen-bond acceptors (Lipinski definition) is 10. The molecule has 0 aliphatic carbocycles. The van der Waals surface area contributed by atoms with Crippen molar-refractivity contribution < 1.29 is 32.6 Å². The first kappa shape index (κ1) is 36.5. The molecule has 0 unspecified atom stereocenters. The number of aromatic nitrogens is 2. The van der Waals surface area contributed by atoms with Crippen molar-refractivity contribution in [3.8, 4) is 11.8 Å². The Hall–Kier alpha value is -4.26. The first-order chi connectivity index (χ1) is 24.1. The predicted octanol–water partition coefficient (Wildman–Crippen LogP) is 6.31. The van der Waals surface area contributed by atoms with Crippen molar-refractivity contribution in [3.63, 3.8) is 0 Å². The molecular weight excluding hydrogens is 658 g/mol. The molecule has 276 valence electrons. The number of nitrogens with zero attached hydrogens (tertiary/aromatic N) is 6. The molecule has 2 saturated heterocycles. The number of piperazine rings is 1. The summed E-state index contributed by atoms with van der Waals surface area (Å²) >= 11 is 0. The third kappa shape index (κ3) is 8.80. The first-order valence-electron chi connectivity index (χ1n) is 17.9. The van der Waals surface area contributed by atoms with Crippen LogP contribution >= 0.6 is 0 Å². The van der Waals surface area contributed by atoms with Crippen LogP contribution in [0.1, 0.15) is 65.6 Å². The number of halogens is 2. The van der Waals surface area contributed by atoms with Gasteiger partial charge in [-0.3, -0.25) is 9.69 Å². The lowest BCUT2D eigenvalue weighted by Gasteiger charge is -2.38. The van der Waals surface area contributed by atoms with Crippen LogP contribution in [0.5, 0.6) is 11.8 Å². The van der Waals surface area contributed by atoms with Crippen LogP contribution in [-0.2, 0) is 22.5 Å². The van der Waals surface area contributed by atoms with Crippen LogP contribution in [0.2, 0.25) is 0 Å². The second kappa shape index (κ2) is 14.8. The summed E-state index contributed by atoms with van der Waals surface area (Å²) in [5.41, 5.74) is 1.52. The van der Waals surface area contributed by atoms with Gasteiger partial charge in [-0.25, -0.2) is 13.6 Å². The number of likely N-dealkylation sites (tertiary alicyclic amines) is 1. The van der Waals surface area contributed by atoms with Crippen molar-refractivity contribution >= 4 is 34.3 Å². The number of hydrogen-bond donors (Lipinski definition) is 0. The minimum Gasteiger partial charge on any atom is -0.462 e. The summed E-state index contributed by atoms with van der Waals surface area (Å²) in [4.78, 5) is 43.4. The molecule has 13 heteroatoms. The van der Waals surface area contributed by atoms with E-state index in [0.29, 0.717) is 58.0 Å². The number of rotatable bonds is 8. The number of ether oxygens (including phenoxy) is 3. The molecule has 6 rings (SSSR count). The predicted molar refractivity (Wildman–Crippen MR) is 192 cm³/mol. The zero-order valence-electron chi connectivity index (χ0n) is 30.6. The summed E-state index contributed by atoms with van der Waals surface area (Å²) in [6.07, 6.45) is -0.476. The number of carbonyl (C=O) groups excluding carboxylic acids is 2. The Kier molecular flexibility index (Phi) is 10.6. The van der Waals surface area contributed by atoms with E-state index in [0.717, 1.165) is 46.4 Å². The second-order valence-corrected chi connectivity index (χ2v) is 15.7. The Balaban J connectivity index is 1.29. The zero-order chi connectivity index (χ0) is 36.5. The Morgan fingerprint density at radius 1 is 0.941 bits per heavy atom. The molecule has 11 nitrogen and oxygen atoms in total. The third-order valence-electron chi connectivity index (χ3n) is 9.51. The summed E-state index contributed by atoms with van der Waals surface area (Å²) in [7, 11) is 0. The van der Waals surface area contributed by atoms with Crippen molar-refractivity contribution in [1.82, 2.24) is 19.8 Å². The zero-order valence-corrected chi connectivity index (χ0v) is 30.6. The Bertz CT molecular complexity index is 1730. The van der Waals surface area contributed by atoms with Crippen molar-refractivity contribution in [2.45, 2.75) is 85.4 Å². The highest BCUT2D eigenvalue weighted by atomic mass is 19.3. The molecule has 1 amide bonds. The van der Waals surface area contributed by atoms with Crippen LogP contribution in [0, 0.1) is 5.41 Å². The number of alkyl halides is 2. The van der Waals surface area contributed by atoms with E-state index < -0.39 is 17.4 Å². The van der Waals surface area contributed by atoms with E-state index in [1.165, 1.54) is 0 Å². The lowest BCUT2D eigenvalue weighted by Crippen LogP contribution is -2.50. The number of esters is 1. The number of fused-ring (bicyclic) bond motifs is 2. The largest absolute Gasteiger partial charge is 0.462 e. The molecule has 4 heterocycles. The van der Waals surface area contributed by atoms with Gasteiger partial charge in [0.2, 0.25) is 0 Å². The van der Waals surface area contributed by atoms with E-state index in [2.05, 4.69) is 15.9 Å². The van der Waals surface area contributed by atoms with Crippen LogP contribution in [0.15, 0.2) is 36.4 Å². The van der Waals surface area contributed by atoms with Gasteiger partial charge in [0, 0.05) is 61.5 Å². The fraction of sp³-hybridized carbons (Fsp3) is 0.579. The maximum atomic E-state index is 13.3. The number of amides is 1. The quantitative estimate of drug-likeness (QED) is 0.196. The van der Waals surface area contributed by atoms with Gasteiger partial charge < -0.3 is 28.9 Å². The molecule has 2 aromatic carbocycles. The summed E-state index contributed by atoms with van der Waals surface area (Å²) in [5, 5.41) is 1.98. The van der Waals surface area contributed by atoms with E-state index >= 15 is 0 Å². The second-order valence-electron chi connectivity index (χ2n) is 15.7. The molecule has 0 saturated carbocycles. The first-order valence-corrected chi connectivity index (χ1v) is 17.9. The van der Waals surface area contributed by atoms with Gasteiger partial charge in [-0.15, -0.1) is 0 Å². The smallest absolute Gasteiger partial charge is 0.410 e. The molecule has 0 radical (unpaired) electrons. The van der Waals surface area contributed by atoms with Gasteiger partial charge in [0.25, 0.3) is 6.43 Å². The summed E-state index contributed by atoms with van der Waals surface area (Å²) in [6, 6.07) is 11.9. The Morgan fingerprint density at radius 2 is 1.69 bits per heavy atom. The average Bonchev–Trinajstić information content (AvgIpc) is 3.51. The van der Waals surface area contributed by atoms with Crippen LogP contribution in [-0.4, -0.2) is 102 Å². The van der Waals surface area contributed by atoms with E-state index in [9.17, 15) is 18.4 Å². The van der Waals surface area contributed by atoms with Gasteiger partial charge in [-0.1, -0.05) is 24.3 Å². The highest BCUT2D eigenvalue weighted by Crippen LogP contribution is 2.37. The minimum atomic E-state index is -2.41. The van der Waals surface area contributed by atoms with Crippen LogP contribution in [0.4, 0.5) is 25.1 Å². The summed E-state index contributed by atoms with van der Waals surface area (Å²) in [6.45, 7) is 14.8. The number of carbonyl (C=O) groups is 2. The normalized spacial score (nSPS) is 18.7. The highest BCUT2D eigenvalue weighted by molar-refractivity contribution is 5.96. The van der Waals surface area contributed by atoms with Crippen molar-refractivity contribution in [2.24, 2.45) is 5.41 Å². The van der Waals surface area contributed by atoms with E-state index in [1.54, 1.807) is 9.80 Å².